The third-order valence-corrected chi connectivity index (χ3v) is 3.37. The maximum atomic E-state index is 12.2. The van der Waals surface area contributed by atoms with Crippen molar-refractivity contribution in [1.29, 1.82) is 0 Å². The molecule has 0 spiro atoms. The summed E-state index contributed by atoms with van der Waals surface area (Å²) in [5.74, 6) is -0.182. The molecule has 1 aliphatic rings. The Hall–Kier alpha value is -2.42. The van der Waals surface area contributed by atoms with Crippen molar-refractivity contribution in [2.45, 2.75) is 12.5 Å². The van der Waals surface area contributed by atoms with Gasteiger partial charge in [-0.2, -0.15) is 0 Å². The van der Waals surface area contributed by atoms with Crippen LogP contribution in [-0.4, -0.2) is 11.7 Å². The highest BCUT2D eigenvalue weighted by Gasteiger charge is 2.27. The van der Waals surface area contributed by atoms with E-state index >= 15 is 0 Å². The monoisotopic (exact) mass is 251 g/mol. The largest absolute Gasteiger partial charge is 0.345 e. The molecular formula is C16H13NO2. The van der Waals surface area contributed by atoms with E-state index in [1.807, 2.05) is 30.3 Å². The zero-order valence-electron chi connectivity index (χ0n) is 10.3. The molecule has 0 bridgehead atoms. The van der Waals surface area contributed by atoms with Crippen LogP contribution in [0.4, 0.5) is 0 Å². The number of carbonyl (C=O) groups is 2. The minimum atomic E-state index is -0.256. The van der Waals surface area contributed by atoms with Crippen LogP contribution in [-0.2, 0) is 0 Å². The fourth-order valence-corrected chi connectivity index (χ4v) is 2.39. The van der Waals surface area contributed by atoms with Gasteiger partial charge >= 0.3 is 0 Å². The van der Waals surface area contributed by atoms with Gasteiger partial charge in [-0.05, 0) is 11.6 Å². The maximum Gasteiger partial charge on any atom is 0.252 e. The fraction of sp³-hybridized carbons (Fsp3) is 0.125. The second kappa shape index (κ2) is 4.69. The van der Waals surface area contributed by atoms with Crippen molar-refractivity contribution in [1.82, 2.24) is 5.32 Å². The van der Waals surface area contributed by atoms with Gasteiger partial charge in [-0.15, -0.1) is 0 Å². The van der Waals surface area contributed by atoms with E-state index < -0.39 is 0 Å². The van der Waals surface area contributed by atoms with Crippen molar-refractivity contribution in [2.24, 2.45) is 0 Å². The Bertz CT molecular complexity index is 597. The molecule has 1 unspecified atom stereocenters. The lowest BCUT2D eigenvalue weighted by Gasteiger charge is -2.15. The molecular weight excluding hydrogens is 238 g/mol. The molecule has 0 fully saturated rings. The molecule has 0 aliphatic carbocycles. The number of carbonyl (C=O) groups excluding carboxylic acids is 2. The van der Waals surface area contributed by atoms with E-state index in [1.165, 1.54) is 0 Å². The number of benzene rings is 2. The molecule has 94 valence electrons. The van der Waals surface area contributed by atoms with Crippen LogP contribution in [0.3, 0.4) is 0 Å². The number of hydrogen-bond acceptors (Lipinski definition) is 2. The molecule has 2 aromatic rings. The van der Waals surface area contributed by atoms with Gasteiger partial charge in [0.2, 0.25) is 0 Å². The molecule has 0 saturated carbocycles. The SMILES string of the molecule is O=C1CC(c2ccccc2)NC(=O)c2ccccc21. The summed E-state index contributed by atoms with van der Waals surface area (Å²) in [4.78, 5) is 24.4. The van der Waals surface area contributed by atoms with Crippen molar-refractivity contribution < 1.29 is 9.59 Å². The summed E-state index contributed by atoms with van der Waals surface area (Å²) in [6, 6.07) is 16.3. The molecule has 1 atom stereocenters. The summed E-state index contributed by atoms with van der Waals surface area (Å²) >= 11 is 0. The summed E-state index contributed by atoms with van der Waals surface area (Å²) in [6.45, 7) is 0. The number of nitrogens with one attached hydrogen (secondary N) is 1. The Morgan fingerprint density at radius 2 is 1.47 bits per heavy atom. The molecule has 0 aromatic heterocycles. The Balaban J connectivity index is 2.00. The summed E-state index contributed by atoms with van der Waals surface area (Å²) < 4.78 is 0. The van der Waals surface area contributed by atoms with Crippen molar-refractivity contribution in [3.63, 3.8) is 0 Å². The maximum absolute atomic E-state index is 12.2. The molecule has 1 amide bonds. The molecule has 1 heterocycles. The van der Waals surface area contributed by atoms with Gasteiger partial charge in [0.15, 0.2) is 5.78 Å². The quantitative estimate of drug-likeness (QED) is 0.847. The number of hydrogen-bond donors (Lipinski definition) is 1. The average molecular weight is 251 g/mol. The van der Waals surface area contributed by atoms with E-state index in [4.69, 9.17) is 0 Å². The van der Waals surface area contributed by atoms with E-state index in [-0.39, 0.29) is 17.7 Å². The normalized spacial score (nSPS) is 18.4. The standard InChI is InChI=1S/C16H13NO2/c18-15-10-14(11-6-2-1-3-7-11)17-16(19)13-9-5-4-8-12(13)15/h1-9,14H,10H2,(H,17,19). The molecule has 0 radical (unpaired) electrons. The molecule has 19 heavy (non-hydrogen) atoms. The van der Waals surface area contributed by atoms with Gasteiger partial charge in [-0.25, -0.2) is 0 Å². The third-order valence-electron chi connectivity index (χ3n) is 3.37. The van der Waals surface area contributed by atoms with Gasteiger partial charge in [0.05, 0.1) is 11.6 Å². The zero-order chi connectivity index (χ0) is 13.2. The molecule has 3 heteroatoms. The van der Waals surface area contributed by atoms with Crippen LogP contribution in [0.15, 0.2) is 54.6 Å². The van der Waals surface area contributed by atoms with Gasteiger partial charge < -0.3 is 5.32 Å². The first-order valence-corrected chi connectivity index (χ1v) is 6.24. The summed E-state index contributed by atoms with van der Waals surface area (Å²) in [7, 11) is 0. The van der Waals surface area contributed by atoms with Crippen molar-refractivity contribution in [3.05, 3.63) is 71.3 Å². The zero-order valence-corrected chi connectivity index (χ0v) is 10.3. The summed E-state index contributed by atoms with van der Waals surface area (Å²) in [6.07, 6.45) is 0.298. The molecule has 0 saturated heterocycles. The van der Waals surface area contributed by atoms with Gasteiger partial charge in [-0.1, -0.05) is 48.5 Å². The molecule has 1 N–H and O–H groups in total. The van der Waals surface area contributed by atoms with Crippen LogP contribution in [0.25, 0.3) is 0 Å². The smallest absolute Gasteiger partial charge is 0.252 e. The first kappa shape index (κ1) is 11.7. The van der Waals surface area contributed by atoms with Gasteiger partial charge in [0.25, 0.3) is 5.91 Å². The second-order valence-electron chi connectivity index (χ2n) is 4.61. The topological polar surface area (TPSA) is 46.2 Å². The van der Waals surface area contributed by atoms with Crippen LogP contribution >= 0.6 is 0 Å². The number of amides is 1. The summed E-state index contributed by atoms with van der Waals surface area (Å²) in [5, 5.41) is 2.92. The van der Waals surface area contributed by atoms with E-state index in [2.05, 4.69) is 5.32 Å². The Kier molecular flexibility index (Phi) is 2.88. The predicted octanol–water partition coefficient (Wildman–Crippen LogP) is 2.74. The van der Waals surface area contributed by atoms with E-state index in [9.17, 15) is 9.59 Å². The second-order valence-corrected chi connectivity index (χ2v) is 4.61. The number of Topliss-reactive ketones (excluding diaryl/α,β-unsaturated/α-hetero) is 1. The van der Waals surface area contributed by atoms with Crippen molar-refractivity contribution in [3.8, 4) is 0 Å². The molecule has 1 aliphatic heterocycles. The fourth-order valence-electron chi connectivity index (χ4n) is 2.39. The summed E-state index contributed by atoms with van der Waals surface area (Å²) in [5.41, 5.74) is 1.93. The molecule has 3 nitrogen and oxygen atoms in total. The van der Waals surface area contributed by atoms with Gasteiger partial charge in [-0.3, -0.25) is 9.59 Å². The van der Waals surface area contributed by atoms with E-state index in [1.54, 1.807) is 24.3 Å². The number of rotatable bonds is 1. The van der Waals surface area contributed by atoms with E-state index in [0.29, 0.717) is 17.5 Å². The van der Waals surface area contributed by atoms with E-state index in [0.717, 1.165) is 5.56 Å². The van der Waals surface area contributed by atoms with Crippen LogP contribution in [0.5, 0.6) is 0 Å². The first-order valence-electron chi connectivity index (χ1n) is 6.24. The lowest BCUT2D eigenvalue weighted by molar-refractivity contribution is 0.0935. The molecule has 2 aromatic carbocycles. The lowest BCUT2D eigenvalue weighted by atomic mass is 9.98. The van der Waals surface area contributed by atoms with Crippen LogP contribution in [0.2, 0.25) is 0 Å². The Labute approximate surface area is 111 Å². The third kappa shape index (κ3) is 2.15. The minimum Gasteiger partial charge on any atom is -0.345 e. The lowest BCUT2D eigenvalue weighted by Crippen LogP contribution is -2.27. The van der Waals surface area contributed by atoms with Gasteiger partial charge in [0.1, 0.15) is 0 Å². The number of ketones is 1. The van der Waals surface area contributed by atoms with Crippen molar-refractivity contribution in [2.75, 3.05) is 0 Å². The minimum absolute atomic E-state index is 0.00260. The van der Waals surface area contributed by atoms with Crippen LogP contribution in [0.1, 0.15) is 38.7 Å². The van der Waals surface area contributed by atoms with Gasteiger partial charge in [0, 0.05) is 12.0 Å². The highest BCUT2D eigenvalue weighted by molar-refractivity contribution is 6.10. The number of fused-ring (bicyclic) bond motifs is 1. The Morgan fingerprint density at radius 3 is 2.21 bits per heavy atom. The van der Waals surface area contributed by atoms with Crippen molar-refractivity contribution >= 4 is 11.7 Å². The molecule has 3 rings (SSSR count). The highest BCUT2D eigenvalue weighted by atomic mass is 16.2. The Morgan fingerprint density at radius 1 is 0.842 bits per heavy atom. The average Bonchev–Trinajstić information content (AvgIpc) is 2.59. The predicted molar refractivity (Wildman–Crippen MR) is 72.0 cm³/mol. The van der Waals surface area contributed by atoms with Crippen LogP contribution < -0.4 is 5.32 Å². The first-order chi connectivity index (χ1) is 9.25. The highest BCUT2D eigenvalue weighted by Crippen LogP contribution is 2.24. The van der Waals surface area contributed by atoms with Crippen LogP contribution in [0, 0.1) is 0 Å².